The topological polar surface area (TPSA) is 102 Å². The summed E-state index contributed by atoms with van der Waals surface area (Å²) in [5.41, 5.74) is 7.35. The van der Waals surface area contributed by atoms with E-state index in [1.807, 2.05) is 0 Å². The number of nitrogens with one attached hydrogen (secondary N) is 1. The number of para-hydroxylation sites is 2. The van der Waals surface area contributed by atoms with Crippen molar-refractivity contribution in [1.82, 2.24) is 0 Å². The molecule has 0 aromatic heterocycles. The van der Waals surface area contributed by atoms with Gasteiger partial charge in [-0.05, 0) is 37.3 Å². The van der Waals surface area contributed by atoms with Crippen LogP contribution in [0.1, 0.15) is 23.7 Å². The van der Waals surface area contributed by atoms with Crippen molar-refractivity contribution >= 4 is 50.8 Å². The van der Waals surface area contributed by atoms with E-state index in [9.17, 15) is 14.4 Å². The van der Waals surface area contributed by atoms with Gasteiger partial charge in [0.15, 0.2) is 6.61 Å². The number of hydrogen-bond acceptors (Lipinski definition) is 5. The highest BCUT2D eigenvalue weighted by molar-refractivity contribution is 9.10. The zero-order valence-electron chi connectivity index (χ0n) is 14.6. The number of amides is 2. The molecule has 3 rings (SSSR count). The lowest BCUT2D eigenvalue weighted by molar-refractivity contribution is -0.122. The molecule has 0 aliphatic carbocycles. The summed E-state index contributed by atoms with van der Waals surface area (Å²) in [4.78, 5) is 38.5. The van der Waals surface area contributed by atoms with Crippen molar-refractivity contribution in [2.45, 2.75) is 19.4 Å². The van der Waals surface area contributed by atoms with E-state index in [0.717, 1.165) is 0 Å². The van der Waals surface area contributed by atoms with Gasteiger partial charge in [0.25, 0.3) is 5.91 Å². The molecule has 0 saturated carbocycles. The number of anilines is 3. The summed E-state index contributed by atoms with van der Waals surface area (Å²) in [5, 5.41) is 2.78. The predicted molar refractivity (Wildman–Crippen MR) is 105 cm³/mol. The van der Waals surface area contributed by atoms with Gasteiger partial charge in [0.1, 0.15) is 0 Å². The quantitative estimate of drug-likeness (QED) is 0.574. The van der Waals surface area contributed by atoms with Crippen molar-refractivity contribution in [2.24, 2.45) is 0 Å². The second kappa shape index (κ2) is 7.79. The number of carbonyl (C=O) groups is 3. The average molecular weight is 432 g/mol. The van der Waals surface area contributed by atoms with Crippen LogP contribution in [-0.4, -0.2) is 30.4 Å². The monoisotopic (exact) mass is 431 g/mol. The van der Waals surface area contributed by atoms with Crippen molar-refractivity contribution < 1.29 is 19.1 Å². The van der Waals surface area contributed by atoms with Crippen LogP contribution in [0.25, 0.3) is 0 Å². The zero-order chi connectivity index (χ0) is 19.6. The van der Waals surface area contributed by atoms with E-state index in [1.165, 1.54) is 11.0 Å². The number of carbonyl (C=O) groups excluding carboxylic acids is 3. The second-order valence-electron chi connectivity index (χ2n) is 6.19. The smallest absolute Gasteiger partial charge is 0.340 e. The normalized spacial score (nSPS) is 16.1. The van der Waals surface area contributed by atoms with Crippen LogP contribution in [0.4, 0.5) is 17.1 Å². The first-order valence-electron chi connectivity index (χ1n) is 8.30. The van der Waals surface area contributed by atoms with Crippen LogP contribution in [0, 0.1) is 0 Å². The van der Waals surface area contributed by atoms with E-state index in [1.54, 1.807) is 43.3 Å². The molecule has 140 valence electrons. The molecule has 1 heterocycles. The molecule has 1 aliphatic heterocycles. The third-order valence-electron chi connectivity index (χ3n) is 4.19. The van der Waals surface area contributed by atoms with Gasteiger partial charge in [-0.1, -0.05) is 28.1 Å². The Morgan fingerprint density at radius 2 is 2.04 bits per heavy atom. The molecule has 1 atom stereocenters. The van der Waals surface area contributed by atoms with Gasteiger partial charge in [-0.15, -0.1) is 0 Å². The van der Waals surface area contributed by atoms with Crippen LogP contribution in [0.3, 0.4) is 0 Å². The van der Waals surface area contributed by atoms with Crippen LogP contribution in [0.5, 0.6) is 0 Å². The molecular formula is C19H18BrN3O4. The average Bonchev–Trinajstić information content (AvgIpc) is 2.75. The maximum Gasteiger partial charge on any atom is 0.340 e. The molecule has 0 radical (unpaired) electrons. The van der Waals surface area contributed by atoms with Crippen LogP contribution in [0.15, 0.2) is 46.9 Å². The molecule has 7 nitrogen and oxygen atoms in total. The van der Waals surface area contributed by atoms with Gasteiger partial charge in [-0.3, -0.25) is 9.59 Å². The Morgan fingerprint density at radius 3 is 2.81 bits per heavy atom. The molecular weight excluding hydrogens is 414 g/mol. The fourth-order valence-electron chi connectivity index (χ4n) is 2.95. The SMILES string of the molecule is CC1CC(=O)Nc2ccccc2N1C(=O)COC(=O)c1cc(Br)ccc1N. The number of esters is 1. The molecule has 1 aliphatic rings. The van der Waals surface area contributed by atoms with Crippen LogP contribution in [0.2, 0.25) is 0 Å². The fourth-order valence-corrected chi connectivity index (χ4v) is 3.31. The summed E-state index contributed by atoms with van der Waals surface area (Å²) in [5.74, 6) is -1.29. The molecule has 0 bridgehead atoms. The molecule has 1 unspecified atom stereocenters. The first kappa shape index (κ1) is 18.9. The largest absolute Gasteiger partial charge is 0.452 e. The molecule has 0 spiro atoms. The van der Waals surface area contributed by atoms with Crippen LogP contribution >= 0.6 is 15.9 Å². The van der Waals surface area contributed by atoms with Gasteiger partial charge < -0.3 is 20.7 Å². The molecule has 2 aromatic carbocycles. The van der Waals surface area contributed by atoms with E-state index in [2.05, 4.69) is 21.2 Å². The summed E-state index contributed by atoms with van der Waals surface area (Å²) in [6, 6.07) is 11.4. The van der Waals surface area contributed by atoms with Gasteiger partial charge in [0.2, 0.25) is 5.91 Å². The van der Waals surface area contributed by atoms with Gasteiger partial charge >= 0.3 is 5.97 Å². The van der Waals surface area contributed by atoms with Crippen molar-refractivity contribution in [3.63, 3.8) is 0 Å². The summed E-state index contributed by atoms with van der Waals surface area (Å²) < 4.78 is 5.85. The van der Waals surface area contributed by atoms with Crippen molar-refractivity contribution in [2.75, 3.05) is 22.6 Å². The lowest BCUT2D eigenvalue weighted by Gasteiger charge is -2.27. The van der Waals surface area contributed by atoms with Crippen LogP contribution in [-0.2, 0) is 14.3 Å². The molecule has 0 saturated heterocycles. The summed E-state index contributed by atoms with van der Waals surface area (Å²) in [7, 11) is 0. The van der Waals surface area contributed by atoms with Gasteiger partial charge in [0.05, 0.1) is 16.9 Å². The number of hydrogen-bond donors (Lipinski definition) is 2. The summed E-state index contributed by atoms with van der Waals surface area (Å²) >= 11 is 3.27. The van der Waals surface area contributed by atoms with E-state index in [-0.39, 0.29) is 29.6 Å². The van der Waals surface area contributed by atoms with Gasteiger partial charge in [-0.25, -0.2) is 4.79 Å². The number of fused-ring (bicyclic) bond motifs is 1. The first-order chi connectivity index (χ1) is 12.9. The second-order valence-corrected chi connectivity index (χ2v) is 7.11. The minimum atomic E-state index is -0.688. The minimum absolute atomic E-state index is 0.146. The Morgan fingerprint density at radius 1 is 1.30 bits per heavy atom. The fraction of sp³-hybridized carbons (Fsp3) is 0.211. The van der Waals surface area contributed by atoms with Crippen molar-refractivity contribution in [1.29, 1.82) is 0 Å². The highest BCUT2D eigenvalue weighted by Crippen LogP contribution is 2.31. The summed E-state index contributed by atoms with van der Waals surface area (Å²) in [6.45, 7) is 1.31. The van der Waals surface area contributed by atoms with E-state index >= 15 is 0 Å². The predicted octanol–water partition coefficient (Wildman–Crippen LogP) is 2.95. The van der Waals surface area contributed by atoms with Crippen molar-refractivity contribution in [3.8, 4) is 0 Å². The molecule has 0 fully saturated rings. The third kappa shape index (κ3) is 4.11. The highest BCUT2D eigenvalue weighted by atomic mass is 79.9. The third-order valence-corrected chi connectivity index (χ3v) is 4.68. The maximum absolute atomic E-state index is 12.8. The number of nitrogen functional groups attached to an aromatic ring is 1. The zero-order valence-corrected chi connectivity index (χ0v) is 16.2. The van der Waals surface area contributed by atoms with E-state index in [4.69, 9.17) is 10.5 Å². The Kier molecular flexibility index (Phi) is 5.46. The Labute approximate surface area is 164 Å². The lowest BCUT2D eigenvalue weighted by Crippen LogP contribution is -2.41. The number of nitrogens with two attached hydrogens (primary N) is 1. The van der Waals surface area contributed by atoms with Gasteiger partial charge in [-0.2, -0.15) is 0 Å². The standard InChI is InChI=1S/C19H18BrN3O4/c1-11-8-17(24)22-15-4-2-3-5-16(15)23(11)18(25)10-27-19(26)13-9-12(20)6-7-14(13)21/h2-7,9,11H,8,10,21H2,1H3,(H,22,24). The molecule has 8 heteroatoms. The lowest BCUT2D eigenvalue weighted by atomic mass is 10.1. The number of rotatable bonds is 3. The Hall–Kier alpha value is -2.87. The maximum atomic E-state index is 12.8. The Bertz CT molecular complexity index is 916. The molecule has 2 aromatic rings. The number of ether oxygens (including phenoxy) is 1. The first-order valence-corrected chi connectivity index (χ1v) is 9.09. The van der Waals surface area contributed by atoms with Crippen molar-refractivity contribution in [3.05, 3.63) is 52.5 Å². The minimum Gasteiger partial charge on any atom is -0.452 e. The van der Waals surface area contributed by atoms with Crippen LogP contribution < -0.4 is 16.0 Å². The Balaban J connectivity index is 1.78. The summed E-state index contributed by atoms with van der Waals surface area (Å²) in [6.07, 6.45) is 0.146. The number of benzene rings is 2. The molecule has 3 N–H and O–H groups in total. The van der Waals surface area contributed by atoms with Gasteiger partial charge in [0, 0.05) is 22.6 Å². The molecule has 2 amide bonds. The molecule has 27 heavy (non-hydrogen) atoms. The van der Waals surface area contributed by atoms with E-state index < -0.39 is 18.5 Å². The number of halogens is 1. The highest BCUT2D eigenvalue weighted by Gasteiger charge is 2.30. The van der Waals surface area contributed by atoms with E-state index in [0.29, 0.717) is 15.8 Å². The number of nitrogens with zero attached hydrogens (tertiary/aromatic N) is 1.